The molecule has 18 heavy (non-hydrogen) atoms. The number of carbonyl (C=O) groups excluding carboxylic acids is 1. The van der Waals surface area contributed by atoms with E-state index < -0.39 is 0 Å². The monoisotopic (exact) mass is 244 g/mol. The Balaban J connectivity index is 2.05. The highest BCUT2D eigenvalue weighted by Crippen LogP contribution is 2.14. The molecule has 1 aliphatic rings. The summed E-state index contributed by atoms with van der Waals surface area (Å²) in [6.45, 7) is 4.31. The molecule has 0 fully saturated rings. The molecule has 0 aromatic heterocycles. The maximum absolute atomic E-state index is 12.2. The van der Waals surface area contributed by atoms with Gasteiger partial charge in [0.15, 0.2) is 0 Å². The summed E-state index contributed by atoms with van der Waals surface area (Å²) in [4.78, 5) is 14.1. The number of rotatable bonds is 3. The number of nitrogens with two attached hydrogens (primary N) is 1. The Hall–Kier alpha value is -1.61. The highest BCUT2D eigenvalue weighted by atomic mass is 16.2. The van der Waals surface area contributed by atoms with Gasteiger partial charge in [-0.15, -0.1) is 0 Å². The molecule has 3 nitrogen and oxygen atoms in total. The molecule has 0 saturated heterocycles. The van der Waals surface area contributed by atoms with Gasteiger partial charge in [-0.05, 0) is 44.0 Å². The Morgan fingerprint density at radius 2 is 2.06 bits per heavy atom. The van der Waals surface area contributed by atoms with Crippen LogP contribution in [0, 0.1) is 0 Å². The predicted molar refractivity (Wildman–Crippen MR) is 73.5 cm³/mol. The van der Waals surface area contributed by atoms with E-state index in [1.165, 1.54) is 11.1 Å². The van der Waals surface area contributed by atoms with E-state index in [0.29, 0.717) is 6.54 Å². The Labute approximate surface area is 108 Å². The van der Waals surface area contributed by atoms with Crippen LogP contribution in [0.4, 0.5) is 0 Å². The second kappa shape index (κ2) is 5.83. The minimum atomic E-state index is 0.123. The number of hydrogen-bond donors (Lipinski definition) is 1. The van der Waals surface area contributed by atoms with Crippen LogP contribution in [0.3, 0.4) is 0 Å². The quantitative estimate of drug-likeness (QED) is 0.826. The average molecular weight is 244 g/mol. The summed E-state index contributed by atoms with van der Waals surface area (Å²) in [5, 5.41) is 0. The van der Waals surface area contributed by atoms with Crippen LogP contribution in [0.2, 0.25) is 0 Å². The predicted octanol–water partition coefficient (Wildman–Crippen LogP) is 1.98. The fourth-order valence-electron chi connectivity index (χ4n) is 2.12. The van der Waals surface area contributed by atoms with Gasteiger partial charge in [-0.1, -0.05) is 23.8 Å². The van der Waals surface area contributed by atoms with Crippen molar-refractivity contribution in [1.29, 1.82) is 0 Å². The van der Waals surface area contributed by atoms with E-state index in [4.69, 9.17) is 5.73 Å². The average Bonchev–Trinajstić information content (AvgIpc) is 2.40. The third-order valence-corrected chi connectivity index (χ3v) is 3.36. The normalized spacial score (nSPS) is 15.4. The summed E-state index contributed by atoms with van der Waals surface area (Å²) < 4.78 is 0. The summed E-state index contributed by atoms with van der Waals surface area (Å²) >= 11 is 0. The zero-order valence-electron chi connectivity index (χ0n) is 10.9. The maximum Gasteiger partial charge on any atom is 0.254 e. The Kier molecular flexibility index (Phi) is 4.15. The van der Waals surface area contributed by atoms with Crippen molar-refractivity contribution >= 4 is 5.91 Å². The second-order valence-electron chi connectivity index (χ2n) is 4.79. The third-order valence-electron chi connectivity index (χ3n) is 3.36. The van der Waals surface area contributed by atoms with Crippen LogP contribution in [-0.4, -0.2) is 30.4 Å². The van der Waals surface area contributed by atoms with Gasteiger partial charge in [-0.2, -0.15) is 0 Å². The number of amides is 1. The van der Waals surface area contributed by atoms with Gasteiger partial charge in [0.2, 0.25) is 0 Å². The molecule has 1 aromatic carbocycles. The number of nitrogens with zero attached hydrogens (tertiary/aromatic N) is 1. The molecule has 0 spiro atoms. The molecule has 1 aromatic rings. The first-order valence-corrected chi connectivity index (χ1v) is 6.44. The van der Waals surface area contributed by atoms with E-state index in [1.807, 2.05) is 29.2 Å². The van der Waals surface area contributed by atoms with E-state index in [2.05, 4.69) is 13.0 Å². The van der Waals surface area contributed by atoms with E-state index in [9.17, 15) is 4.79 Å². The summed E-state index contributed by atoms with van der Waals surface area (Å²) in [7, 11) is 0. The SMILES string of the molecule is CC1=CCN(C(=O)c2ccc(CCN)cc2)CC1. The topological polar surface area (TPSA) is 46.3 Å². The molecule has 0 unspecified atom stereocenters. The summed E-state index contributed by atoms with van der Waals surface area (Å²) in [5.74, 6) is 0.123. The van der Waals surface area contributed by atoms with E-state index in [0.717, 1.165) is 31.5 Å². The highest BCUT2D eigenvalue weighted by molar-refractivity contribution is 5.94. The molecular formula is C15H20N2O. The van der Waals surface area contributed by atoms with Crippen LogP contribution < -0.4 is 5.73 Å². The van der Waals surface area contributed by atoms with E-state index in [-0.39, 0.29) is 5.91 Å². The first kappa shape index (κ1) is 12.8. The molecule has 0 bridgehead atoms. The standard InChI is InChI=1S/C15H20N2O/c1-12-7-10-17(11-8-12)15(18)14-4-2-13(3-5-14)6-9-16/h2-5,7H,6,8-11,16H2,1H3. The minimum absolute atomic E-state index is 0.123. The van der Waals surface area contributed by atoms with Crippen LogP contribution in [0.1, 0.15) is 29.3 Å². The van der Waals surface area contributed by atoms with Crippen LogP contribution in [0.15, 0.2) is 35.9 Å². The van der Waals surface area contributed by atoms with Gasteiger partial charge in [0.05, 0.1) is 0 Å². The van der Waals surface area contributed by atoms with Gasteiger partial charge in [0, 0.05) is 18.7 Å². The molecule has 1 amide bonds. The second-order valence-corrected chi connectivity index (χ2v) is 4.79. The third kappa shape index (κ3) is 2.99. The Morgan fingerprint density at radius 1 is 1.33 bits per heavy atom. The Morgan fingerprint density at radius 3 is 2.61 bits per heavy atom. The number of benzene rings is 1. The Bertz CT molecular complexity index is 448. The van der Waals surface area contributed by atoms with Crippen LogP contribution >= 0.6 is 0 Å². The van der Waals surface area contributed by atoms with Crippen molar-refractivity contribution in [3.8, 4) is 0 Å². The highest BCUT2D eigenvalue weighted by Gasteiger charge is 2.17. The molecule has 1 heterocycles. The van der Waals surface area contributed by atoms with Crippen molar-refractivity contribution < 1.29 is 4.79 Å². The van der Waals surface area contributed by atoms with Gasteiger partial charge < -0.3 is 10.6 Å². The first-order chi connectivity index (χ1) is 8.70. The van der Waals surface area contributed by atoms with Crippen molar-refractivity contribution in [2.45, 2.75) is 19.8 Å². The summed E-state index contributed by atoms with van der Waals surface area (Å²) in [6.07, 6.45) is 3.97. The van der Waals surface area contributed by atoms with Crippen LogP contribution in [0.25, 0.3) is 0 Å². The van der Waals surface area contributed by atoms with Gasteiger partial charge in [0.25, 0.3) is 5.91 Å². The molecule has 0 saturated carbocycles. The molecule has 1 aliphatic heterocycles. The molecule has 96 valence electrons. The van der Waals surface area contributed by atoms with Crippen molar-refractivity contribution in [1.82, 2.24) is 4.90 Å². The molecule has 0 radical (unpaired) electrons. The zero-order valence-corrected chi connectivity index (χ0v) is 10.9. The van der Waals surface area contributed by atoms with E-state index in [1.54, 1.807) is 0 Å². The summed E-state index contributed by atoms with van der Waals surface area (Å²) in [6, 6.07) is 7.78. The smallest absolute Gasteiger partial charge is 0.254 e. The molecular weight excluding hydrogens is 224 g/mol. The lowest BCUT2D eigenvalue weighted by atomic mass is 10.1. The lowest BCUT2D eigenvalue weighted by Gasteiger charge is -2.25. The summed E-state index contributed by atoms with van der Waals surface area (Å²) in [5.41, 5.74) is 8.83. The van der Waals surface area contributed by atoms with Crippen LogP contribution in [0.5, 0.6) is 0 Å². The largest absolute Gasteiger partial charge is 0.335 e. The molecule has 2 N–H and O–H groups in total. The van der Waals surface area contributed by atoms with Crippen molar-refractivity contribution in [2.24, 2.45) is 5.73 Å². The molecule has 0 aliphatic carbocycles. The lowest BCUT2D eigenvalue weighted by molar-refractivity contribution is 0.0769. The first-order valence-electron chi connectivity index (χ1n) is 6.44. The van der Waals surface area contributed by atoms with Gasteiger partial charge in [0.1, 0.15) is 0 Å². The molecule has 0 atom stereocenters. The van der Waals surface area contributed by atoms with Gasteiger partial charge in [-0.25, -0.2) is 0 Å². The molecule has 2 rings (SSSR count). The maximum atomic E-state index is 12.2. The molecule has 3 heteroatoms. The van der Waals surface area contributed by atoms with E-state index >= 15 is 0 Å². The fraction of sp³-hybridized carbons (Fsp3) is 0.400. The zero-order chi connectivity index (χ0) is 13.0. The fourth-order valence-corrected chi connectivity index (χ4v) is 2.12. The number of carbonyl (C=O) groups is 1. The van der Waals surface area contributed by atoms with Crippen molar-refractivity contribution in [3.63, 3.8) is 0 Å². The number of hydrogen-bond acceptors (Lipinski definition) is 2. The van der Waals surface area contributed by atoms with Crippen LogP contribution in [-0.2, 0) is 6.42 Å². The van der Waals surface area contributed by atoms with Crippen molar-refractivity contribution in [3.05, 3.63) is 47.0 Å². The van der Waals surface area contributed by atoms with Gasteiger partial charge in [-0.3, -0.25) is 4.79 Å². The van der Waals surface area contributed by atoms with Gasteiger partial charge >= 0.3 is 0 Å². The lowest BCUT2D eigenvalue weighted by Crippen LogP contribution is -2.34. The van der Waals surface area contributed by atoms with Crippen molar-refractivity contribution in [2.75, 3.05) is 19.6 Å². The minimum Gasteiger partial charge on any atom is -0.335 e.